The Morgan fingerprint density at radius 1 is 1.20 bits per heavy atom. The first-order valence-electron chi connectivity index (χ1n) is 7.25. The van der Waals surface area contributed by atoms with Crippen LogP contribution in [0.15, 0.2) is 36.4 Å². The third-order valence-electron chi connectivity index (χ3n) is 3.56. The number of H-pyrrole nitrogens is 1. The molecular weight excluding hydrogens is 334 g/mol. The van der Waals surface area contributed by atoms with Crippen LogP contribution in [-0.2, 0) is 4.79 Å². The fourth-order valence-electron chi connectivity index (χ4n) is 2.34. The number of alkyl halides is 2. The monoisotopic (exact) mass is 348 g/mol. The van der Waals surface area contributed by atoms with Gasteiger partial charge in [0.2, 0.25) is 0 Å². The van der Waals surface area contributed by atoms with Gasteiger partial charge in [0.05, 0.1) is 18.1 Å². The number of methoxy groups -OCH3 is 1. The molecule has 130 valence electrons. The van der Waals surface area contributed by atoms with Crippen molar-refractivity contribution in [1.82, 2.24) is 9.97 Å². The number of aromatic amines is 1. The Bertz CT molecular complexity index is 953. The zero-order valence-electron chi connectivity index (χ0n) is 13.3. The molecule has 2 aromatic carbocycles. The fourth-order valence-corrected chi connectivity index (χ4v) is 2.34. The molecule has 0 aliphatic heterocycles. The van der Waals surface area contributed by atoms with Crippen molar-refractivity contribution in [2.45, 2.75) is 13.0 Å². The highest BCUT2D eigenvalue weighted by Gasteiger charge is 2.43. The Morgan fingerprint density at radius 3 is 2.64 bits per heavy atom. The molecular formula is C17H14F2N2O4. The van der Waals surface area contributed by atoms with Gasteiger partial charge in [-0.25, -0.2) is 9.78 Å². The summed E-state index contributed by atoms with van der Waals surface area (Å²) >= 11 is 0. The molecule has 0 unspecified atom stereocenters. The van der Waals surface area contributed by atoms with E-state index in [2.05, 4.69) is 14.7 Å². The van der Waals surface area contributed by atoms with Crippen LogP contribution in [0.25, 0.3) is 22.4 Å². The molecule has 1 heterocycles. The number of aryl methyl sites for hydroxylation is 1. The number of ether oxygens (including phenoxy) is 2. The Hall–Kier alpha value is -3.16. The molecule has 1 aromatic heterocycles. The van der Waals surface area contributed by atoms with Crippen LogP contribution in [0, 0.1) is 6.92 Å². The number of aromatic nitrogens is 2. The maximum atomic E-state index is 13.3. The minimum Gasteiger partial charge on any atom is -0.493 e. The molecule has 0 aliphatic rings. The lowest BCUT2D eigenvalue weighted by Gasteiger charge is -2.16. The van der Waals surface area contributed by atoms with Gasteiger partial charge in [-0.2, -0.15) is 8.78 Å². The minimum absolute atomic E-state index is 0.0324. The van der Waals surface area contributed by atoms with Crippen LogP contribution >= 0.6 is 0 Å². The second kappa shape index (κ2) is 6.04. The molecule has 0 radical (unpaired) electrons. The Morgan fingerprint density at radius 2 is 1.96 bits per heavy atom. The topological polar surface area (TPSA) is 84.4 Å². The second-order valence-electron chi connectivity index (χ2n) is 5.40. The number of halogens is 2. The number of hydrogen-bond donors (Lipinski definition) is 2. The summed E-state index contributed by atoms with van der Waals surface area (Å²) in [6.45, 7) is 1.96. The van der Waals surface area contributed by atoms with E-state index in [0.29, 0.717) is 11.4 Å². The zero-order valence-corrected chi connectivity index (χ0v) is 13.3. The summed E-state index contributed by atoms with van der Waals surface area (Å²) in [4.78, 5) is 18.1. The number of aliphatic carboxylic acids is 1. The van der Waals surface area contributed by atoms with Crippen LogP contribution in [0.2, 0.25) is 0 Å². The molecule has 6 nitrogen and oxygen atoms in total. The lowest BCUT2D eigenvalue weighted by atomic mass is 10.2. The molecule has 25 heavy (non-hydrogen) atoms. The SMILES string of the molecule is COc1cc(-c2nc3ccc(C)cc3[nH]2)ccc1OC(F)(F)C(=O)O. The van der Waals surface area contributed by atoms with Crippen LogP contribution in [0.5, 0.6) is 11.5 Å². The van der Waals surface area contributed by atoms with E-state index >= 15 is 0 Å². The van der Waals surface area contributed by atoms with Gasteiger partial charge < -0.3 is 19.6 Å². The van der Waals surface area contributed by atoms with Gasteiger partial charge in [-0.05, 0) is 42.8 Å². The van der Waals surface area contributed by atoms with Gasteiger partial charge in [0.15, 0.2) is 11.5 Å². The van der Waals surface area contributed by atoms with E-state index in [9.17, 15) is 13.6 Å². The smallest absolute Gasteiger partial charge is 0.493 e. The third kappa shape index (κ3) is 3.23. The van der Waals surface area contributed by atoms with Crippen molar-refractivity contribution in [3.63, 3.8) is 0 Å². The highest BCUT2D eigenvalue weighted by molar-refractivity contribution is 5.80. The van der Waals surface area contributed by atoms with Crippen molar-refractivity contribution in [3.05, 3.63) is 42.0 Å². The van der Waals surface area contributed by atoms with Crippen LogP contribution in [0.1, 0.15) is 5.56 Å². The lowest BCUT2D eigenvalue weighted by Crippen LogP contribution is -2.34. The van der Waals surface area contributed by atoms with Gasteiger partial charge in [0.1, 0.15) is 5.82 Å². The zero-order chi connectivity index (χ0) is 18.2. The summed E-state index contributed by atoms with van der Waals surface area (Å²) in [5.74, 6) is -2.28. The minimum atomic E-state index is -4.36. The number of hydrogen-bond acceptors (Lipinski definition) is 4. The largest absolute Gasteiger partial charge is 0.502 e. The third-order valence-corrected chi connectivity index (χ3v) is 3.56. The summed E-state index contributed by atoms with van der Waals surface area (Å²) < 4.78 is 35.8. The van der Waals surface area contributed by atoms with E-state index < -0.39 is 12.1 Å². The van der Waals surface area contributed by atoms with Crippen LogP contribution in [-0.4, -0.2) is 34.3 Å². The molecule has 2 N–H and O–H groups in total. The van der Waals surface area contributed by atoms with Gasteiger partial charge in [-0.3, -0.25) is 0 Å². The van der Waals surface area contributed by atoms with E-state index in [4.69, 9.17) is 9.84 Å². The van der Waals surface area contributed by atoms with E-state index in [-0.39, 0.29) is 11.5 Å². The first-order chi connectivity index (χ1) is 11.8. The number of fused-ring (bicyclic) bond motifs is 1. The summed E-state index contributed by atoms with van der Waals surface area (Å²) in [5, 5.41) is 8.47. The number of imidazole rings is 1. The van der Waals surface area contributed by atoms with Gasteiger partial charge in [0, 0.05) is 5.56 Å². The van der Waals surface area contributed by atoms with Gasteiger partial charge >= 0.3 is 12.1 Å². The van der Waals surface area contributed by atoms with Crippen molar-refractivity contribution in [2.75, 3.05) is 7.11 Å². The summed E-state index contributed by atoms with van der Waals surface area (Å²) in [5.41, 5.74) is 3.25. The molecule has 0 fully saturated rings. The van der Waals surface area contributed by atoms with Crippen molar-refractivity contribution < 1.29 is 28.2 Å². The molecule has 8 heteroatoms. The number of carboxylic acids is 1. The number of benzene rings is 2. The summed E-state index contributed by atoms with van der Waals surface area (Å²) in [6.07, 6.45) is -4.36. The molecule has 3 rings (SSSR count). The summed E-state index contributed by atoms with van der Waals surface area (Å²) in [7, 11) is 1.27. The maximum absolute atomic E-state index is 13.3. The van der Waals surface area contributed by atoms with Crippen LogP contribution in [0.4, 0.5) is 8.78 Å². The number of nitrogens with zero attached hydrogens (tertiary/aromatic N) is 1. The number of carboxylic acid groups (broad SMARTS) is 1. The Labute approximate surface area is 141 Å². The number of carbonyl (C=O) groups is 1. The second-order valence-corrected chi connectivity index (χ2v) is 5.40. The highest BCUT2D eigenvalue weighted by atomic mass is 19.3. The first kappa shape index (κ1) is 16.7. The van der Waals surface area contributed by atoms with Crippen molar-refractivity contribution in [3.8, 4) is 22.9 Å². The van der Waals surface area contributed by atoms with Crippen LogP contribution < -0.4 is 9.47 Å². The van der Waals surface area contributed by atoms with Gasteiger partial charge in [-0.1, -0.05) is 6.07 Å². The molecule has 0 atom stereocenters. The number of rotatable bonds is 5. The van der Waals surface area contributed by atoms with E-state index in [1.165, 1.54) is 25.3 Å². The predicted octanol–water partition coefficient (Wildman–Crippen LogP) is 3.60. The molecule has 0 saturated heterocycles. The van der Waals surface area contributed by atoms with Crippen molar-refractivity contribution in [2.24, 2.45) is 0 Å². The lowest BCUT2D eigenvalue weighted by molar-refractivity contribution is -0.211. The molecule has 0 amide bonds. The van der Waals surface area contributed by atoms with E-state index in [1.54, 1.807) is 0 Å². The molecule has 0 bridgehead atoms. The fraction of sp³-hybridized carbons (Fsp3) is 0.176. The predicted molar refractivity (Wildman–Crippen MR) is 86.0 cm³/mol. The standard InChI is InChI=1S/C17H14F2N2O4/c1-9-3-5-11-12(7-9)21-15(20-11)10-4-6-13(14(8-10)24-2)25-17(18,19)16(22)23/h3-8H,1-2H3,(H,20,21)(H,22,23). The van der Waals surface area contributed by atoms with E-state index in [1.807, 2.05) is 25.1 Å². The maximum Gasteiger partial charge on any atom is 0.502 e. The van der Waals surface area contributed by atoms with Gasteiger partial charge in [-0.15, -0.1) is 0 Å². The molecule has 0 spiro atoms. The molecule has 0 saturated carbocycles. The van der Waals surface area contributed by atoms with Gasteiger partial charge in [0.25, 0.3) is 0 Å². The normalized spacial score (nSPS) is 11.5. The highest BCUT2D eigenvalue weighted by Crippen LogP contribution is 2.35. The van der Waals surface area contributed by atoms with Crippen molar-refractivity contribution in [1.29, 1.82) is 0 Å². The first-order valence-corrected chi connectivity index (χ1v) is 7.25. The Balaban J connectivity index is 1.99. The average molecular weight is 348 g/mol. The molecule has 3 aromatic rings. The van der Waals surface area contributed by atoms with E-state index in [0.717, 1.165) is 16.6 Å². The Kier molecular flexibility index (Phi) is 4.03. The molecule has 0 aliphatic carbocycles. The average Bonchev–Trinajstić information content (AvgIpc) is 2.97. The number of nitrogens with one attached hydrogen (secondary N) is 1. The summed E-state index contributed by atoms with van der Waals surface area (Å²) in [6, 6.07) is 9.88. The quantitative estimate of drug-likeness (QED) is 0.736. The van der Waals surface area contributed by atoms with Crippen LogP contribution in [0.3, 0.4) is 0 Å². The van der Waals surface area contributed by atoms with Crippen molar-refractivity contribution >= 4 is 17.0 Å².